The Balaban J connectivity index is 2.52. The van der Waals surface area contributed by atoms with Crippen LogP contribution in [0.5, 0.6) is 0 Å². The molecule has 1 aromatic heterocycles. The Kier molecular flexibility index (Phi) is 1.93. The third-order valence-corrected chi connectivity index (χ3v) is 2.82. The van der Waals surface area contributed by atoms with Crippen molar-refractivity contribution in [1.82, 2.24) is 10.3 Å². The van der Waals surface area contributed by atoms with E-state index in [1.807, 2.05) is 12.3 Å². The molecule has 1 aliphatic heterocycles. The predicted molar refractivity (Wildman–Crippen MR) is 58.2 cm³/mol. The fraction of sp³-hybridized carbons (Fsp3) is 0.583. The van der Waals surface area contributed by atoms with Crippen molar-refractivity contribution >= 4 is 0 Å². The molecule has 0 aromatic carbocycles. The molecule has 1 aliphatic rings. The standard InChI is InChI=1S/C12H18N2/c1-11(2)8-10-9(6-5-7-13-10)12(3,4)14-11/h5-7,14H,8H2,1-4H3. The molecule has 0 aliphatic carbocycles. The monoisotopic (exact) mass is 190 g/mol. The largest absolute Gasteiger partial charge is 0.302 e. The van der Waals surface area contributed by atoms with Gasteiger partial charge in [-0.1, -0.05) is 6.07 Å². The summed E-state index contributed by atoms with van der Waals surface area (Å²) in [5.74, 6) is 0. The normalized spacial score (nSPS) is 22.9. The minimum atomic E-state index is 0.0331. The lowest BCUT2D eigenvalue weighted by molar-refractivity contribution is 0.238. The molecular formula is C12H18N2. The van der Waals surface area contributed by atoms with Crippen LogP contribution in [0.4, 0.5) is 0 Å². The molecule has 0 bridgehead atoms. The van der Waals surface area contributed by atoms with Crippen molar-refractivity contribution in [2.45, 2.75) is 45.2 Å². The Hall–Kier alpha value is -0.890. The molecule has 0 saturated carbocycles. The van der Waals surface area contributed by atoms with Crippen LogP contribution in [0, 0.1) is 0 Å². The fourth-order valence-corrected chi connectivity index (χ4v) is 2.52. The van der Waals surface area contributed by atoms with Gasteiger partial charge in [-0.2, -0.15) is 0 Å². The predicted octanol–water partition coefficient (Wildman–Crippen LogP) is 2.24. The van der Waals surface area contributed by atoms with E-state index in [1.165, 1.54) is 11.3 Å². The molecule has 0 amide bonds. The van der Waals surface area contributed by atoms with Crippen LogP contribution in [0.25, 0.3) is 0 Å². The lowest BCUT2D eigenvalue weighted by atomic mass is 9.80. The fourth-order valence-electron chi connectivity index (χ4n) is 2.52. The zero-order chi connectivity index (χ0) is 10.4. The molecule has 0 atom stereocenters. The molecule has 14 heavy (non-hydrogen) atoms. The minimum Gasteiger partial charge on any atom is -0.302 e. The van der Waals surface area contributed by atoms with E-state index >= 15 is 0 Å². The number of hydrogen-bond acceptors (Lipinski definition) is 2. The Morgan fingerprint density at radius 1 is 1.29 bits per heavy atom. The van der Waals surface area contributed by atoms with Crippen LogP contribution in [0.1, 0.15) is 39.0 Å². The highest BCUT2D eigenvalue weighted by atomic mass is 15.1. The number of nitrogens with one attached hydrogen (secondary N) is 1. The van der Waals surface area contributed by atoms with Crippen molar-refractivity contribution in [3.63, 3.8) is 0 Å². The average molecular weight is 190 g/mol. The highest BCUT2D eigenvalue weighted by molar-refractivity contribution is 5.32. The van der Waals surface area contributed by atoms with Crippen molar-refractivity contribution in [2.24, 2.45) is 0 Å². The van der Waals surface area contributed by atoms with Gasteiger partial charge in [0.2, 0.25) is 0 Å². The van der Waals surface area contributed by atoms with Crippen LogP contribution in [-0.4, -0.2) is 10.5 Å². The van der Waals surface area contributed by atoms with Gasteiger partial charge < -0.3 is 5.32 Å². The molecule has 0 fully saturated rings. The van der Waals surface area contributed by atoms with Gasteiger partial charge in [-0.15, -0.1) is 0 Å². The van der Waals surface area contributed by atoms with Crippen LogP contribution in [0.15, 0.2) is 18.3 Å². The molecule has 0 unspecified atom stereocenters. The minimum absolute atomic E-state index is 0.0331. The first-order valence-corrected chi connectivity index (χ1v) is 5.14. The molecular weight excluding hydrogens is 172 g/mol. The molecule has 76 valence electrons. The van der Waals surface area contributed by atoms with Gasteiger partial charge in [0.05, 0.1) is 0 Å². The molecule has 0 spiro atoms. The zero-order valence-corrected chi connectivity index (χ0v) is 9.39. The van der Waals surface area contributed by atoms with Gasteiger partial charge in [-0.25, -0.2) is 0 Å². The quantitative estimate of drug-likeness (QED) is 0.678. The van der Waals surface area contributed by atoms with E-state index in [1.54, 1.807) is 0 Å². The first kappa shape index (κ1) is 9.66. The van der Waals surface area contributed by atoms with Gasteiger partial charge in [-0.3, -0.25) is 4.98 Å². The maximum Gasteiger partial charge on any atom is 0.0472 e. The van der Waals surface area contributed by atoms with Gasteiger partial charge in [0, 0.05) is 29.4 Å². The summed E-state index contributed by atoms with van der Waals surface area (Å²) in [4.78, 5) is 4.47. The molecule has 0 radical (unpaired) electrons. The van der Waals surface area contributed by atoms with E-state index < -0.39 is 0 Å². The van der Waals surface area contributed by atoms with E-state index in [4.69, 9.17) is 0 Å². The molecule has 2 heterocycles. The second-order valence-electron chi connectivity index (χ2n) is 5.31. The highest BCUT2D eigenvalue weighted by Gasteiger charge is 2.36. The topological polar surface area (TPSA) is 24.9 Å². The molecule has 1 aromatic rings. The van der Waals surface area contributed by atoms with Crippen LogP contribution in [-0.2, 0) is 12.0 Å². The van der Waals surface area contributed by atoms with Crippen LogP contribution in [0.3, 0.4) is 0 Å². The number of nitrogens with zero attached hydrogens (tertiary/aromatic N) is 1. The van der Waals surface area contributed by atoms with Gasteiger partial charge >= 0.3 is 0 Å². The van der Waals surface area contributed by atoms with Crippen LogP contribution < -0.4 is 5.32 Å². The van der Waals surface area contributed by atoms with Crippen molar-refractivity contribution < 1.29 is 0 Å². The van der Waals surface area contributed by atoms with E-state index in [0.717, 1.165) is 6.42 Å². The van der Waals surface area contributed by atoms with Crippen molar-refractivity contribution in [3.8, 4) is 0 Å². The summed E-state index contributed by atoms with van der Waals surface area (Å²) in [6, 6.07) is 4.19. The molecule has 2 rings (SSSR count). The maximum atomic E-state index is 4.47. The van der Waals surface area contributed by atoms with E-state index in [2.05, 4.69) is 44.1 Å². The third-order valence-electron chi connectivity index (χ3n) is 2.82. The molecule has 0 saturated heterocycles. The summed E-state index contributed by atoms with van der Waals surface area (Å²) >= 11 is 0. The highest BCUT2D eigenvalue weighted by Crippen LogP contribution is 2.32. The first-order chi connectivity index (χ1) is 6.41. The SMILES string of the molecule is CC1(C)Cc2ncccc2C(C)(C)N1. The lowest BCUT2D eigenvalue weighted by Gasteiger charge is -2.43. The van der Waals surface area contributed by atoms with E-state index in [-0.39, 0.29) is 11.1 Å². The summed E-state index contributed by atoms with van der Waals surface area (Å²) in [6.45, 7) is 8.89. The molecule has 2 nitrogen and oxygen atoms in total. The second kappa shape index (κ2) is 2.80. The lowest BCUT2D eigenvalue weighted by Crippen LogP contribution is -2.55. The number of fused-ring (bicyclic) bond motifs is 1. The molecule has 2 heteroatoms. The van der Waals surface area contributed by atoms with Crippen LogP contribution in [0.2, 0.25) is 0 Å². The second-order valence-corrected chi connectivity index (χ2v) is 5.31. The van der Waals surface area contributed by atoms with Crippen molar-refractivity contribution in [2.75, 3.05) is 0 Å². The Labute approximate surface area is 85.7 Å². The summed E-state index contributed by atoms with van der Waals surface area (Å²) in [5.41, 5.74) is 2.75. The smallest absolute Gasteiger partial charge is 0.0472 e. The Bertz CT molecular complexity index is 353. The number of aromatic nitrogens is 1. The van der Waals surface area contributed by atoms with E-state index in [0.29, 0.717) is 0 Å². The molecule has 1 N–H and O–H groups in total. The summed E-state index contributed by atoms with van der Waals surface area (Å²) in [5, 5.41) is 3.65. The maximum absolute atomic E-state index is 4.47. The Morgan fingerprint density at radius 2 is 2.00 bits per heavy atom. The number of pyridine rings is 1. The van der Waals surface area contributed by atoms with Crippen molar-refractivity contribution in [1.29, 1.82) is 0 Å². The summed E-state index contributed by atoms with van der Waals surface area (Å²) in [6.07, 6.45) is 2.89. The van der Waals surface area contributed by atoms with E-state index in [9.17, 15) is 0 Å². The first-order valence-electron chi connectivity index (χ1n) is 5.14. The van der Waals surface area contributed by atoms with Gasteiger partial charge in [0.1, 0.15) is 0 Å². The van der Waals surface area contributed by atoms with Gasteiger partial charge in [0.15, 0.2) is 0 Å². The number of rotatable bonds is 0. The number of hydrogen-bond donors (Lipinski definition) is 1. The van der Waals surface area contributed by atoms with Crippen LogP contribution >= 0.6 is 0 Å². The zero-order valence-electron chi connectivity index (χ0n) is 9.39. The van der Waals surface area contributed by atoms with Crippen molar-refractivity contribution in [3.05, 3.63) is 29.6 Å². The summed E-state index contributed by atoms with van der Waals surface area (Å²) in [7, 11) is 0. The third kappa shape index (κ3) is 1.55. The van der Waals surface area contributed by atoms with Gasteiger partial charge in [-0.05, 0) is 39.3 Å². The Morgan fingerprint density at radius 3 is 2.71 bits per heavy atom. The summed E-state index contributed by atoms with van der Waals surface area (Å²) < 4.78 is 0. The average Bonchev–Trinajstić information content (AvgIpc) is 2.00. The van der Waals surface area contributed by atoms with Gasteiger partial charge in [0.25, 0.3) is 0 Å².